The molecule has 6 nitrogen and oxygen atoms in total. The van der Waals surface area contributed by atoms with Crippen LogP contribution in [-0.4, -0.2) is 27.0 Å². The number of ether oxygens (including phenoxy) is 1. The quantitative estimate of drug-likeness (QED) is 0.748. The summed E-state index contributed by atoms with van der Waals surface area (Å²) in [4.78, 5) is 27.3. The molecule has 0 atom stereocenters. The minimum absolute atomic E-state index is 0.225. The largest absolute Gasteiger partial charge is 0.481 e. The van der Waals surface area contributed by atoms with Crippen molar-refractivity contribution in [2.75, 3.05) is 7.11 Å². The molecule has 1 fully saturated rings. The van der Waals surface area contributed by atoms with Crippen LogP contribution < -0.4 is 10.3 Å². The van der Waals surface area contributed by atoms with E-state index in [1.165, 1.54) is 25.7 Å². The van der Waals surface area contributed by atoms with Gasteiger partial charge in [0.2, 0.25) is 5.88 Å². The van der Waals surface area contributed by atoms with Crippen molar-refractivity contribution < 1.29 is 4.74 Å². The van der Waals surface area contributed by atoms with Crippen LogP contribution in [0.2, 0.25) is 0 Å². The Labute approximate surface area is 159 Å². The molecule has 0 radical (unpaired) electrons. The molecule has 0 unspecified atom stereocenters. The summed E-state index contributed by atoms with van der Waals surface area (Å²) < 4.78 is 5.12. The summed E-state index contributed by atoms with van der Waals surface area (Å²) in [6, 6.07) is 5.59. The van der Waals surface area contributed by atoms with Crippen LogP contribution in [0, 0.1) is 19.8 Å². The van der Waals surface area contributed by atoms with Crippen LogP contribution in [0.1, 0.15) is 44.0 Å². The summed E-state index contributed by atoms with van der Waals surface area (Å²) in [7, 11) is 1.58. The van der Waals surface area contributed by atoms with Crippen LogP contribution in [0.4, 0.5) is 0 Å². The second-order valence-corrected chi connectivity index (χ2v) is 6.93. The minimum atomic E-state index is -0.225. The van der Waals surface area contributed by atoms with Crippen LogP contribution in [-0.2, 0) is 0 Å². The maximum absolute atomic E-state index is 11.6. The number of H-pyrrole nitrogens is 1. The Morgan fingerprint density at radius 3 is 2.48 bits per heavy atom. The van der Waals surface area contributed by atoms with Crippen LogP contribution in [0.25, 0.3) is 22.3 Å². The normalized spacial score (nSPS) is 13.2. The van der Waals surface area contributed by atoms with Gasteiger partial charge in [0.1, 0.15) is 11.2 Å². The second kappa shape index (κ2) is 8.29. The second-order valence-electron chi connectivity index (χ2n) is 6.93. The zero-order valence-electron chi connectivity index (χ0n) is 16.4. The Kier molecular flexibility index (Phi) is 5.84. The first-order valence-electron chi connectivity index (χ1n) is 9.41. The number of aromatic nitrogens is 4. The van der Waals surface area contributed by atoms with Crippen molar-refractivity contribution in [1.82, 2.24) is 19.9 Å². The summed E-state index contributed by atoms with van der Waals surface area (Å²) in [5.41, 5.74) is 3.96. The van der Waals surface area contributed by atoms with E-state index in [0.29, 0.717) is 22.7 Å². The fraction of sp³-hybridized carbons (Fsp3) is 0.429. The van der Waals surface area contributed by atoms with Crippen molar-refractivity contribution in [1.29, 1.82) is 0 Å². The van der Waals surface area contributed by atoms with Crippen molar-refractivity contribution in [3.05, 3.63) is 46.1 Å². The molecule has 0 aliphatic heterocycles. The van der Waals surface area contributed by atoms with E-state index in [9.17, 15) is 4.79 Å². The van der Waals surface area contributed by atoms with E-state index < -0.39 is 0 Å². The van der Waals surface area contributed by atoms with Gasteiger partial charge in [0, 0.05) is 29.1 Å². The van der Waals surface area contributed by atoms with Gasteiger partial charge in [-0.15, -0.1) is 0 Å². The summed E-state index contributed by atoms with van der Waals surface area (Å²) in [5.74, 6) is 1.71. The first kappa shape index (κ1) is 19.0. The maximum Gasteiger partial charge on any atom is 0.270 e. The van der Waals surface area contributed by atoms with Gasteiger partial charge in [0.25, 0.3) is 5.56 Å². The van der Waals surface area contributed by atoms with Gasteiger partial charge in [-0.1, -0.05) is 32.6 Å². The first-order valence-corrected chi connectivity index (χ1v) is 9.41. The van der Waals surface area contributed by atoms with Crippen LogP contribution >= 0.6 is 0 Å². The highest BCUT2D eigenvalue weighted by Gasteiger charge is 2.18. The minimum Gasteiger partial charge on any atom is -0.481 e. The van der Waals surface area contributed by atoms with Crippen molar-refractivity contribution >= 4 is 11.2 Å². The smallest absolute Gasteiger partial charge is 0.270 e. The molecule has 1 aliphatic carbocycles. The van der Waals surface area contributed by atoms with Gasteiger partial charge in [-0.3, -0.25) is 4.79 Å². The number of aromatic amines is 1. The predicted molar refractivity (Wildman–Crippen MR) is 107 cm³/mol. The number of fused-ring (bicyclic) bond motifs is 1. The lowest BCUT2D eigenvalue weighted by Crippen LogP contribution is -2.12. The molecule has 6 heteroatoms. The fourth-order valence-corrected chi connectivity index (χ4v) is 3.04. The average molecular weight is 366 g/mol. The molecule has 1 saturated carbocycles. The van der Waals surface area contributed by atoms with Gasteiger partial charge in [0.15, 0.2) is 5.65 Å². The fourth-order valence-electron chi connectivity index (χ4n) is 3.04. The molecule has 3 aromatic rings. The Morgan fingerprint density at radius 1 is 1.11 bits per heavy atom. The van der Waals surface area contributed by atoms with E-state index in [0.717, 1.165) is 22.7 Å². The molecule has 1 aliphatic rings. The third-order valence-corrected chi connectivity index (χ3v) is 4.72. The topological polar surface area (TPSA) is 80.8 Å². The third-order valence-electron chi connectivity index (χ3n) is 4.72. The van der Waals surface area contributed by atoms with Crippen molar-refractivity contribution in [3.63, 3.8) is 0 Å². The molecule has 0 bridgehead atoms. The molecule has 0 amide bonds. The molecule has 3 aromatic heterocycles. The number of nitrogens with zero attached hydrogens (tertiary/aromatic N) is 3. The van der Waals surface area contributed by atoms with E-state index >= 15 is 0 Å². The molecule has 3 heterocycles. The van der Waals surface area contributed by atoms with E-state index in [1.54, 1.807) is 26.3 Å². The van der Waals surface area contributed by atoms with Gasteiger partial charge >= 0.3 is 0 Å². The molecule has 0 aromatic carbocycles. The Morgan fingerprint density at radius 2 is 1.89 bits per heavy atom. The molecule has 4 rings (SSSR count). The summed E-state index contributed by atoms with van der Waals surface area (Å²) in [6.45, 7) is 5.84. The Hall–Kier alpha value is -2.76. The number of hydrogen-bond acceptors (Lipinski definition) is 5. The number of methoxy groups -OCH3 is 1. The Balaban J connectivity index is 0.000000299. The summed E-state index contributed by atoms with van der Waals surface area (Å²) in [5, 5.41) is 0. The molecular formula is C21H26N4O2. The van der Waals surface area contributed by atoms with Crippen LogP contribution in [0.5, 0.6) is 5.88 Å². The monoisotopic (exact) mass is 366 g/mol. The van der Waals surface area contributed by atoms with Crippen LogP contribution in [0.15, 0.2) is 29.2 Å². The lowest BCUT2D eigenvalue weighted by atomic mass is 10.0. The highest BCUT2D eigenvalue weighted by Crippen LogP contribution is 2.33. The number of rotatable bonds is 4. The predicted octanol–water partition coefficient (Wildman–Crippen LogP) is 4.20. The molecule has 27 heavy (non-hydrogen) atoms. The molecule has 0 spiro atoms. The zero-order valence-corrected chi connectivity index (χ0v) is 16.4. The lowest BCUT2D eigenvalue weighted by Gasteiger charge is -2.09. The highest BCUT2D eigenvalue weighted by molar-refractivity contribution is 5.89. The number of hydrogen-bond donors (Lipinski definition) is 1. The van der Waals surface area contributed by atoms with Gasteiger partial charge < -0.3 is 9.72 Å². The van der Waals surface area contributed by atoms with Crippen molar-refractivity contribution in [2.24, 2.45) is 5.92 Å². The lowest BCUT2D eigenvalue weighted by molar-refractivity contribution is 0.397. The summed E-state index contributed by atoms with van der Waals surface area (Å²) >= 11 is 0. The number of pyridine rings is 2. The summed E-state index contributed by atoms with van der Waals surface area (Å²) in [6.07, 6.45) is 7.57. The highest BCUT2D eigenvalue weighted by atomic mass is 16.5. The van der Waals surface area contributed by atoms with Gasteiger partial charge in [-0.05, 0) is 31.9 Å². The Bertz CT molecular complexity index is 993. The van der Waals surface area contributed by atoms with E-state index in [4.69, 9.17) is 4.74 Å². The van der Waals surface area contributed by atoms with E-state index in [-0.39, 0.29) is 5.56 Å². The third kappa shape index (κ3) is 4.51. The molecule has 1 N–H and O–H groups in total. The number of aryl methyl sites for hydroxylation is 2. The first-order chi connectivity index (χ1) is 13.0. The van der Waals surface area contributed by atoms with Gasteiger partial charge in [-0.2, -0.15) is 0 Å². The number of nitrogens with one attached hydrogen (secondary N) is 1. The van der Waals surface area contributed by atoms with Crippen molar-refractivity contribution in [2.45, 2.75) is 46.5 Å². The SMILES string of the molecule is CCCC1CC1.COc1ccc(-c2ccnc3[nH]c(=O)c(C)nc23)c(C)n1. The molecular weight excluding hydrogens is 340 g/mol. The van der Waals surface area contributed by atoms with E-state index in [2.05, 4.69) is 26.9 Å². The zero-order chi connectivity index (χ0) is 19.4. The van der Waals surface area contributed by atoms with Gasteiger partial charge in [-0.25, -0.2) is 15.0 Å². The average Bonchev–Trinajstić information content (AvgIpc) is 3.47. The van der Waals surface area contributed by atoms with Gasteiger partial charge in [0.05, 0.1) is 7.11 Å². The molecule has 0 saturated heterocycles. The van der Waals surface area contributed by atoms with E-state index in [1.807, 2.05) is 19.1 Å². The van der Waals surface area contributed by atoms with Crippen LogP contribution in [0.3, 0.4) is 0 Å². The standard InChI is InChI=1S/C15H14N4O2.C6H12/c1-8-10(4-5-12(17-8)21-3)11-6-7-16-14-13(11)18-9(2)15(20)19-14;1-2-3-6-4-5-6/h4-7H,1-3H3,(H,16,19,20);6H,2-5H2,1H3. The molecule has 142 valence electrons. The van der Waals surface area contributed by atoms with Crippen molar-refractivity contribution in [3.8, 4) is 17.0 Å². The maximum atomic E-state index is 11.6.